The van der Waals surface area contributed by atoms with Crippen molar-refractivity contribution in [3.05, 3.63) is 52.6 Å². The van der Waals surface area contributed by atoms with Gasteiger partial charge in [-0.15, -0.1) is 0 Å². The summed E-state index contributed by atoms with van der Waals surface area (Å²) in [7, 11) is 1.68. The maximum Gasteiger partial charge on any atom is 0.418 e. The number of aryl methyl sites for hydroxylation is 1. The lowest BCUT2D eigenvalue weighted by Crippen LogP contribution is -2.24. The van der Waals surface area contributed by atoms with Gasteiger partial charge in [-0.05, 0) is 25.0 Å². The highest BCUT2D eigenvalue weighted by atomic mass is 19.4. The third kappa shape index (κ3) is 3.09. The van der Waals surface area contributed by atoms with Gasteiger partial charge in [0, 0.05) is 19.2 Å². The number of benzene rings is 1. The van der Waals surface area contributed by atoms with Crippen LogP contribution in [0.4, 0.5) is 24.7 Å². The van der Waals surface area contributed by atoms with Crippen LogP contribution in [-0.4, -0.2) is 14.1 Å². The predicted molar refractivity (Wildman–Crippen MR) is 97.2 cm³/mol. The molecule has 27 heavy (non-hydrogen) atoms. The van der Waals surface area contributed by atoms with E-state index in [1.807, 2.05) is 0 Å². The third-order valence-electron chi connectivity index (χ3n) is 5.16. The molecule has 5 nitrogen and oxygen atoms in total. The fourth-order valence-corrected chi connectivity index (χ4v) is 3.82. The first-order valence-electron chi connectivity index (χ1n) is 8.86. The summed E-state index contributed by atoms with van der Waals surface area (Å²) in [6.07, 6.45) is 1.07. The van der Waals surface area contributed by atoms with E-state index < -0.39 is 11.7 Å². The number of nitrogens with zero attached hydrogens (tertiary/aromatic N) is 3. The lowest BCUT2D eigenvalue weighted by Gasteiger charge is -2.15. The molecule has 0 spiro atoms. The molecule has 0 atom stereocenters. The van der Waals surface area contributed by atoms with E-state index in [9.17, 15) is 18.0 Å². The Hall–Kier alpha value is -2.77. The Morgan fingerprint density at radius 3 is 2.56 bits per heavy atom. The first-order chi connectivity index (χ1) is 12.9. The Balaban J connectivity index is 1.79. The molecular weight excluding hydrogens is 357 g/mol. The van der Waals surface area contributed by atoms with Crippen molar-refractivity contribution in [3.63, 3.8) is 0 Å². The summed E-state index contributed by atoms with van der Waals surface area (Å²) in [5.74, 6) is 0.275. The van der Waals surface area contributed by atoms with Crippen molar-refractivity contribution >= 4 is 22.5 Å². The van der Waals surface area contributed by atoms with Gasteiger partial charge in [0.25, 0.3) is 0 Å². The molecule has 142 valence electrons. The zero-order valence-electron chi connectivity index (χ0n) is 14.8. The number of para-hydroxylation sites is 1. The van der Waals surface area contributed by atoms with Crippen molar-refractivity contribution in [2.24, 2.45) is 7.05 Å². The topological polar surface area (TPSA) is 51.9 Å². The van der Waals surface area contributed by atoms with Gasteiger partial charge in [0.2, 0.25) is 0 Å². The average Bonchev–Trinajstić information content (AvgIpc) is 3.22. The van der Waals surface area contributed by atoms with Crippen LogP contribution in [-0.2, 0) is 13.2 Å². The Kier molecular flexibility index (Phi) is 4.20. The second-order valence-corrected chi connectivity index (χ2v) is 6.88. The van der Waals surface area contributed by atoms with Gasteiger partial charge in [-0.2, -0.15) is 13.2 Å². The van der Waals surface area contributed by atoms with Gasteiger partial charge in [0.05, 0.1) is 28.5 Å². The minimum absolute atomic E-state index is 0.0671. The van der Waals surface area contributed by atoms with E-state index in [1.165, 1.54) is 29.0 Å². The Labute approximate surface area is 153 Å². The number of halogens is 3. The second kappa shape index (κ2) is 6.44. The smallest absolute Gasteiger partial charge is 0.340 e. The molecule has 3 aromatic rings. The summed E-state index contributed by atoms with van der Waals surface area (Å²) < 4.78 is 42.9. The van der Waals surface area contributed by atoms with Gasteiger partial charge in [0.1, 0.15) is 5.82 Å². The first-order valence-corrected chi connectivity index (χ1v) is 8.86. The van der Waals surface area contributed by atoms with E-state index in [4.69, 9.17) is 0 Å². The summed E-state index contributed by atoms with van der Waals surface area (Å²) in [4.78, 5) is 16.9. The predicted octanol–water partition coefficient (Wildman–Crippen LogP) is 4.61. The minimum Gasteiger partial charge on any atom is -0.340 e. The fraction of sp³-hybridized carbons (Fsp3) is 0.368. The van der Waals surface area contributed by atoms with E-state index in [0.29, 0.717) is 11.0 Å². The number of rotatable bonds is 3. The van der Waals surface area contributed by atoms with Crippen LogP contribution >= 0.6 is 0 Å². The zero-order chi connectivity index (χ0) is 19.2. The van der Waals surface area contributed by atoms with Gasteiger partial charge >= 0.3 is 11.9 Å². The summed E-state index contributed by atoms with van der Waals surface area (Å²) in [5.41, 5.74) is 0.417. The molecule has 0 radical (unpaired) electrons. The Morgan fingerprint density at radius 2 is 1.85 bits per heavy atom. The highest BCUT2D eigenvalue weighted by Crippen LogP contribution is 2.36. The van der Waals surface area contributed by atoms with Crippen molar-refractivity contribution < 1.29 is 13.2 Å². The summed E-state index contributed by atoms with van der Waals surface area (Å²) in [6.45, 7) is 0. The summed E-state index contributed by atoms with van der Waals surface area (Å²) in [5, 5.41) is 2.76. The molecule has 1 aromatic carbocycles. The number of alkyl halides is 3. The SMILES string of the molecule is Cn1c(=O)n(C2CCCC2)c2cc(Nc3ccccc3C(F)(F)F)ncc21. The van der Waals surface area contributed by atoms with Crippen molar-refractivity contribution in [2.45, 2.75) is 37.9 Å². The quantitative estimate of drug-likeness (QED) is 0.726. The van der Waals surface area contributed by atoms with Gasteiger partial charge < -0.3 is 5.32 Å². The van der Waals surface area contributed by atoms with Gasteiger partial charge in [-0.3, -0.25) is 9.13 Å². The maximum atomic E-state index is 13.2. The normalized spacial score (nSPS) is 15.6. The van der Waals surface area contributed by atoms with Gasteiger partial charge in [0.15, 0.2) is 0 Å². The first kappa shape index (κ1) is 17.6. The molecule has 0 amide bonds. The number of anilines is 2. The maximum absolute atomic E-state index is 13.2. The van der Waals surface area contributed by atoms with Crippen molar-refractivity contribution in [1.82, 2.24) is 14.1 Å². The van der Waals surface area contributed by atoms with E-state index in [0.717, 1.165) is 31.7 Å². The summed E-state index contributed by atoms with van der Waals surface area (Å²) in [6, 6.07) is 7.05. The standard InChI is InChI=1S/C19H19F3N4O/c1-25-16-11-23-17(24-14-9-5-4-8-13(14)19(20,21)22)10-15(16)26(18(25)27)12-6-2-3-7-12/h4-5,8-12H,2-3,6-7H2,1H3,(H,23,24). The molecular formula is C19H19F3N4O. The van der Waals surface area contributed by atoms with Crippen LogP contribution in [0.1, 0.15) is 37.3 Å². The van der Waals surface area contributed by atoms with Crippen molar-refractivity contribution in [1.29, 1.82) is 0 Å². The molecule has 0 saturated heterocycles. The van der Waals surface area contributed by atoms with Crippen molar-refractivity contribution in [3.8, 4) is 0 Å². The van der Waals surface area contributed by atoms with Crippen LogP contribution in [0.3, 0.4) is 0 Å². The van der Waals surface area contributed by atoms with Crippen LogP contribution in [0.2, 0.25) is 0 Å². The molecule has 0 bridgehead atoms. The molecule has 1 aliphatic rings. The molecule has 0 unspecified atom stereocenters. The molecule has 2 heterocycles. The Bertz CT molecular complexity index is 1050. The highest BCUT2D eigenvalue weighted by molar-refractivity contribution is 5.79. The highest BCUT2D eigenvalue weighted by Gasteiger charge is 2.33. The number of fused-ring (bicyclic) bond motifs is 1. The minimum atomic E-state index is -4.47. The van der Waals surface area contributed by atoms with Crippen LogP contribution < -0.4 is 11.0 Å². The van der Waals surface area contributed by atoms with E-state index in [2.05, 4.69) is 10.3 Å². The molecule has 8 heteroatoms. The largest absolute Gasteiger partial charge is 0.418 e. The lowest BCUT2D eigenvalue weighted by molar-refractivity contribution is -0.136. The molecule has 4 rings (SSSR count). The molecule has 1 saturated carbocycles. The molecule has 2 aromatic heterocycles. The number of hydrogen-bond donors (Lipinski definition) is 1. The monoisotopic (exact) mass is 376 g/mol. The molecule has 1 N–H and O–H groups in total. The zero-order valence-corrected chi connectivity index (χ0v) is 14.8. The van der Waals surface area contributed by atoms with Crippen molar-refractivity contribution in [2.75, 3.05) is 5.32 Å². The van der Waals surface area contributed by atoms with Gasteiger partial charge in [-0.1, -0.05) is 25.0 Å². The Morgan fingerprint density at radius 1 is 1.15 bits per heavy atom. The number of pyridine rings is 1. The second-order valence-electron chi connectivity index (χ2n) is 6.88. The van der Waals surface area contributed by atoms with Crippen LogP contribution in [0.25, 0.3) is 11.0 Å². The van der Waals surface area contributed by atoms with Crippen LogP contribution in [0.15, 0.2) is 41.3 Å². The number of nitrogens with one attached hydrogen (secondary N) is 1. The van der Waals surface area contributed by atoms with Crippen LogP contribution in [0, 0.1) is 0 Å². The van der Waals surface area contributed by atoms with E-state index in [-0.39, 0.29) is 23.2 Å². The molecule has 0 aliphatic heterocycles. The third-order valence-corrected chi connectivity index (χ3v) is 5.16. The lowest BCUT2D eigenvalue weighted by atomic mass is 10.1. The number of aromatic nitrogens is 3. The van der Waals surface area contributed by atoms with Gasteiger partial charge in [-0.25, -0.2) is 9.78 Å². The molecule has 1 aliphatic carbocycles. The van der Waals surface area contributed by atoms with E-state index >= 15 is 0 Å². The fourth-order valence-electron chi connectivity index (χ4n) is 3.82. The number of hydrogen-bond acceptors (Lipinski definition) is 3. The number of imidazole rings is 1. The average molecular weight is 376 g/mol. The van der Waals surface area contributed by atoms with E-state index in [1.54, 1.807) is 17.7 Å². The molecule has 1 fully saturated rings. The van der Waals surface area contributed by atoms with Crippen LogP contribution in [0.5, 0.6) is 0 Å². The summed E-state index contributed by atoms with van der Waals surface area (Å²) >= 11 is 0.